The fourth-order valence-electron chi connectivity index (χ4n) is 3.20. The number of nitrogens with zero attached hydrogens (tertiary/aromatic N) is 6. The Bertz CT molecular complexity index is 1070. The highest BCUT2D eigenvalue weighted by molar-refractivity contribution is 5.65. The molecule has 0 aliphatic carbocycles. The van der Waals surface area contributed by atoms with E-state index in [2.05, 4.69) is 32.4 Å². The number of hydrogen-bond acceptors (Lipinski definition) is 6. The number of rotatable bonds is 6. The van der Waals surface area contributed by atoms with Gasteiger partial charge in [0.25, 0.3) is 5.78 Å². The van der Waals surface area contributed by atoms with E-state index in [0.29, 0.717) is 12.3 Å². The molecule has 0 saturated carbocycles. The molecule has 4 rings (SSSR count). The number of anilines is 1. The molecular formula is C19H21N7O. The highest BCUT2D eigenvalue weighted by Gasteiger charge is 2.16. The molecule has 3 heterocycles. The van der Waals surface area contributed by atoms with Crippen molar-refractivity contribution in [3.05, 3.63) is 54.0 Å². The molecule has 0 amide bonds. The molecule has 3 aromatic heterocycles. The molecule has 0 atom stereocenters. The molecular weight excluding hydrogens is 342 g/mol. The Morgan fingerprint density at radius 2 is 2.00 bits per heavy atom. The van der Waals surface area contributed by atoms with E-state index in [-0.39, 0.29) is 0 Å². The molecule has 1 aromatic carbocycles. The topological polar surface area (TPSA) is 82.2 Å². The van der Waals surface area contributed by atoms with Gasteiger partial charge in [0, 0.05) is 25.2 Å². The second kappa shape index (κ2) is 7.06. The molecule has 0 radical (unpaired) electrons. The zero-order valence-corrected chi connectivity index (χ0v) is 15.5. The SMILES string of the molecule is CCc1nn(C)c(OC)c1CNc1cc(-c2ccccc2)nc2ncnn12. The molecule has 0 saturated heterocycles. The average molecular weight is 363 g/mol. The molecule has 0 unspecified atom stereocenters. The molecule has 27 heavy (non-hydrogen) atoms. The van der Waals surface area contributed by atoms with Crippen molar-refractivity contribution in [2.24, 2.45) is 7.05 Å². The van der Waals surface area contributed by atoms with Crippen LogP contribution in [0.4, 0.5) is 5.82 Å². The van der Waals surface area contributed by atoms with Crippen LogP contribution in [0.5, 0.6) is 5.88 Å². The Hall–Kier alpha value is -3.42. The predicted octanol–water partition coefficient (Wildman–Crippen LogP) is 2.71. The largest absolute Gasteiger partial charge is 0.481 e. The summed E-state index contributed by atoms with van der Waals surface area (Å²) >= 11 is 0. The van der Waals surface area contributed by atoms with Crippen LogP contribution in [-0.2, 0) is 20.0 Å². The molecule has 0 bridgehead atoms. The van der Waals surface area contributed by atoms with E-state index in [9.17, 15) is 0 Å². The summed E-state index contributed by atoms with van der Waals surface area (Å²) in [6, 6.07) is 12.0. The van der Waals surface area contributed by atoms with E-state index in [1.54, 1.807) is 16.3 Å². The average Bonchev–Trinajstić information content (AvgIpc) is 3.30. The quantitative estimate of drug-likeness (QED) is 0.567. The van der Waals surface area contributed by atoms with Gasteiger partial charge in [0.05, 0.1) is 24.1 Å². The lowest BCUT2D eigenvalue weighted by molar-refractivity contribution is 0.369. The van der Waals surface area contributed by atoms with E-state index < -0.39 is 0 Å². The van der Waals surface area contributed by atoms with E-state index in [1.807, 2.05) is 43.4 Å². The number of aryl methyl sites for hydroxylation is 2. The minimum atomic E-state index is 0.549. The highest BCUT2D eigenvalue weighted by Crippen LogP contribution is 2.25. The summed E-state index contributed by atoms with van der Waals surface area (Å²) in [6.45, 7) is 2.65. The monoisotopic (exact) mass is 363 g/mol. The summed E-state index contributed by atoms with van der Waals surface area (Å²) < 4.78 is 8.99. The second-order valence-corrected chi connectivity index (χ2v) is 6.13. The van der Waals surface area contributed by atoms with Crippen molar-refractivity contribution in [1.29, 1.82) is 0 Å². The zero-order chi connectivity index (χ0) is 18.8. The van der Waals surface area contributed by atoms with Crippen molar-refractivity contribution in [2.45, 2.75) is 19.9 Å². The van der Waals surface area contributed by atoms with E-state index >= 15 is 0 Å². The fraction of sp³-hybridized carbons (Fsp3) is 0.263. The van der Waals surface area contributed by atoms with Gasteiger partial charge < -0.3 is 10.1 Å². The zero-order valence-electron chi connectivity index (χ0n) is 15.5. The van der Waals surface area contributed by atoms with Gasteiger partial charge in [-0.05, 0) is 6.42 Å². The number of benzene rings is 1. The van der Waals surface area contributed by atoms with Gasteiger partial charge in [0.1, 0.15) is 12.1 Å². The summed E-state index contributed by atoms with van der Waals surface area (Å²) in [5.74, 6) is 2.11. The first-order valence-corrected chi connectivity index (χ1v) is 8.80. The first-order chi connectivity index (χ1) is 13.2. The molecule has 8 heteroatoms. The lowest BCUT2D eigenvalue weighted by atomic mass is 10.1. The highest BCUT2D eigenvalue weighted by atomic mass is 16.5. The maximum atomic E-state index is 5.53. The van der Waals surface area contributed by atoms with E-state index in [1.165, 1.54) is 6.33 Å². The van der Waals surface area contributed by atoms with Crippen LogP contribution in [0.25, 0.3) is 17.0 Å². The van der Waals surface area contributed by atoms with Crippen LogP contribution in [0, 0.1) is 0 Å². The van der Waals surface area contributed by atoms with Gasteiger partial charge >= 0.3 is 0 Å². The first kappa shape index (κ1) is 17.0. The van der Waals surface area contributed by atoms with Crippen LogP contribution in [0.2, 0.25) is 0 Å². The van der Waals surface area contributed by atoms with Crippen molar-refractivity contribution in [3.8, 4) is 17.1 Å². The fourth-order valence-corrected chi connectivity index (χ4v) is 3.20. The third kappa shape index (κ3) is 3.10. The van der Waals surface area contributed by atoms with Crippen molar-refractivity contribution in [1.82, 2.24) is 29.4 Å². The van der Waals surface area contributed by atoms with Crippen LogP contribution in [0.3, 0.4) is 0 Å². The smallest absolute Gasteiger partial charge is 0.254 e. The summed E-state index contributed by atoms with van der Waals surface area (Å²) in [5.41, 5.74) is 3.91. The normalized spacial score (nSPS) is 11.1. The van der Waals surface area contributed by atoms with Gasteiger partial charge in [-0.1, -0.05) is 37.3 Å². The predicted molar refractivity (Wildman–Crippen MR) is 103 cm³/mol. The number of hydrogen-bond donors (Lipinski definition) is 1. The molecule has 4 aromatic rings. The van der Waals surface area contributed by atoms with E-state index in [0.717, 1.165) is 40.6 Å². The number of aromatic nitrogens is 6. The van der Waals surface area contributed by atoms with Crippen LogP contribution in [-0.4, -0.2) is 36.5 Å². The van der Waals surface area contributed by atoms with Crippen LogP contribution in [0.15, 0.2) is 42.7 Å². The summed E-state index contributed by atoms with van der Waals surface area (Å²) in [4.78, 5) is 8.85. The molecule has 0 fully saturated rings. The first-order valence-electron chi connectivity index (χ1n) is 8.80. The van der Waals surface area contributed by atoms with Crippen LogP contribution >= 0.6 is 0 Å². The number of nitrogens with one attached hydrogen (secondary N) is 1. The minimum absolute atomic E-state index is 0.549. The third-order valence-electron chi connectivity index (χ3n) is 4.47. The molecule has 1 N–H and O–H groups in total. The summed E-state index contributed by atoms with van der Waals surface area (Å²) in [6.07, 6.45) is 2.34. The molecule has 138 valence electrons. The van der Waals surface area contributed by atoms with Gasteiger partial charge in [-0.15, -0.1) is 0 Å². The summed E-state index contributed by atoms with van der Waals surface area (Å²) in [7, 11) is 3.55. The summed E-state index contributed by atoms with van der Waals surface area (Å²) in [5, 5.41) is 12.3. The van der Waals surface area contributed by atoms with Crippen molar-refractivity contribution < 1.29 is 4.74 Å². The van der Waals surface area contributed by atoms with Crippen molar-refractivity contribution in [3.63, 3.8) is 0 Å². The van der Waals surface area contributed by atoms with Crippen molar-refractivity contribution in [2.75, 3.05) is 12.4 Å². The molecule has 0 aliphatic heterocycles. The van der Waals surface area contributed by atoms with E-state index in [4.69, 9.17) is 4.74 Å². The number of methoxy groups -OCH3 is 1. The standard InChI is InChI=1S/C19H21N7O/c1-4-15-14(18(27-3)25(2)24-15)11-20-17-10-16(13-8-6-5-7-9-13)23-19-21-12-22-26(17)19/h5-10,12,20H,4,11H2,1-3H3. The maximum Gasteiger partial charge on any atom is 0.254 e. The minimum Gasteiger partial charge on any atom is -0.481 e. The number of fused-ring (bicyclic) bond motifs is 1. The Kier molecular flexibility index (Phi) is 4.45. The van der Waals surface area contributed by atoms with Gasteiger partial charge in [-0.25, -0.2) is 9.67 Å². The third-order valence-corrected chi connectivity index (χ3v) is 4.47. The Morgan fingerprint density at radius 3 is 2.74 bits per heavy atom. The van der Waals surface area contributed by atoms with Crippen LogP contribution < -0.4 is 10.1 Å². The lowest BCUT2D eigenvalue weighted by Crippen LogP contribution is -2.08. The van der Waals surface area contributed by atoms with Crippen LogP contribution in [0.1, 0.15) is 18.2 Å². The van der Waals surface area contributed by atoms with Gasteiger partial charge in [0.2, 0.25) is 5.88 Å². The van der Waals surface area contributed by atoms with Gasteiger partial charge in [0.15, 0.2) is 0 Å². The molecule has 0 aliphatic rings. The Balaban J connectivity index is 1.71. The Morgan fingerprint density at radius 1 is 1.19 bits per heavy atom. The Labute approximate surface area is 156 Å². The lowest BCUT2D eigenvalue weighted by Gasteiger charge is -2.11. The second-order valence-electron chi connectivity index (χ2n) is 6.13. The number of ether oxygens (including phenoxy) is 1. The van der Waals surface area contributed by atoms with Gasteiger partial charge in [-0.2, -0.15) is 19.7 Å². The maximum absolute atomic E-state index is 5.53. The molecule has 0 spiro atoms. The van der Waals surface area contributed by atoms with Gasteiger partial charge in [-0.3, -0.25) is 0 Å². The molecule has 8 nitrogen and oxygen atoms in total. The van der Waals surface area contributed by atoms with Crippen molar-refractivity contribution >= 4 is 11.6 Å².